The second-order valence-electron chi connectivity index (χ2n) is 3.46. The van der Waals surface area contributed by atoms with Crippen LogP contribution in [-0.4, -0.2) is 36.0 Å². The van der Waals surface area contributed by atoms with Crippen molar-refractivity contribution in [2.75, 3.05) is 7.11 Å². The number of hydrogen-bond donors (Lipinski definition) is 1. The number of rotatable bonds is 1. The molecule has 0 aromatic rings. The SMILES string of the molecule is COC1C[C@@]2(O)CCC(=O)[C@H]2O1. The molecule has 1 unspecified atom stereocenters. The molecule has 1 saturated heterocycles. The molecule has 1 N–H and O–H groups in total. The lowest BCUT2D eigenvalue weighted by atomic mass is 9.98. The molecule has 4 nitrogen and oxygen atoms in total. The number of fused-ring (bicyclic) bond motifs is 1. The van der Waals surface area contributed by atoms with E-state index in [0.29, 0.717) is 19.3 Å². The summed E-state index contributed by atoms with van der Waals surface area (Å²) in [5.41, 5.74) is -0.947. The van der Waals surface area contributed by atoms with Crippen molar-refractivity contribution in [3.63, 3.8) is 0 Å². The Balaban J connectivity index is 2.16. The molecule has 3 atom stereocenters. The molecule has 2 fully saturated rings. The van der Waals surface area contributed by atoms with Crippen molar-refractivity contribution in [3.8, 4) is 0 Å². The minimum atomic E-state index is -0.947. The molecule has 0 aromatic heterocycles. The summed E-state index contributed by atoms with van der Waals surface area (Å²) in [5.74, 6) is -0.00273. The lowest BCUT2D eigenvalue weighted by Gasteiger charge is -2.17. The van der Waals surface area contributed by atoms with E-state index in [0.717, 1.165) is 0 Å². The van der Waals surface area contributed by atoms with Crippen molar-refractivity contribution in [2.45, 2.75) is 37.3 Å². The molecule has 4 heteroatoms. The Labute approximate surface area is 70.5 Å². The summed E-state index contributed by atoms with van der Waals surface area (Å²) in [6.07, 6.45) is 0.306. The highest BCUT2D eigenvalue weighted by Crippen LogP contribution is 2.40. The van der Waals surface area contributed by atoms with Gasteiger partial charge in [0.05, 0.1) is 0 Å². The Morgan fingerprint density at radius 2 is 2.50 bits per heavy atom. The number of carbonyl (C=O) groups is 1. The molecule has 2 aliphatic rings. The first-order valence-corrected chi connectivity index (χ1v) is 4.09. The van der Waals surface area contributed by atoms with Gasteiger partial charge in [0.25, 0.3) is 0 Å². The minimum Gasteiger partial charge on any atom is -0.386 e. The van der Waals surface area contributed by atoms with Crippen molar-refractivity contribution < 1.29 is 19.4 Å². The fraction of sp³-hybridized carbons (Fsp3) is 0.875. The number of Topliss-reactive ketones (excluding diaryl/α,β-unsaturated/α-hetero) is 1. The Bertz CT molecular complexity index is 215. The Morgan fingerprint density at radius 3 is 3.08 bits per heavy atom. The molecule has 1 aliphatic heterocycles. The first-order chi connectivity index (χ1) is 5.65. The maximum atomic E-state index is 11.2. The maximum Gasteiger partial charge on any atom is 0.164 e. The molecule has 12 heavy (non-hydrogen) atoms. The highest BCUT2D eigenvalue weighted by atomic mass is 16.7. The zero-order chi connectivity index (χ0) is 8.77. The first-order valence-electron chi connectivity index (χ1n) is 4.09. The average Bonchev–Trinajstić information content (AvgIpc) is 2.50. The van der Waals surface area contributed by atoms with Gasteiger partial charge in [-0.15, -0.1) is 0 Å². The number of ketones is 1. The third-order valence-corrected chi connectivity index (χ3v) is 2.66. The van der Waals surface area contributed by atoms with E-state index in [1.807, 2.05) is 0 Å². The van der Waals surface area contributed by atoms with Crippen LogP contribution in [0.25, 0.3) is 0 Å². The van der Waals surface area contributed by atoms with Gasteiger partial charge in [-0.1, -0.05) is 0 Å². The van der Waals surface area contributed by atoms with Gasteiger partial charge in [0, 0.05) is 20.0 Å². The molecule has 2 rings (SSSR count). The highest BCUT2D eigenvalue weighted by molar-refractivity contribution is 5.87. The molecule has 1 heterocycles. The normalized spacial score (nSPS) is 46.7. The maximum absolute atomic E-state index is 11.2. The van der Waals surface area contributed by atoms with Crippen LogP contribution in [0.15, 0.2) is 0 Å². The second kappa shape index (κ2) is 2.52. The van der Waals surface area contributed by atoms with E-state index in [1.165, 1.54) is 7.11 Å². The molecule has 68 valence electrons. The predicted molar refractivity (Wildman–Crippen MR) is 39.5 cm³/mol. The van der Waals surface area contributed by atoms with Crippen molar-refractivity contribution >= 4 is 5.78 Å². The molecule has 0 aromatic carbocycles. The van der Waals surface area contributed by atoms with E-state index in [4.69, 9.17) is 9.47 Å². The topological polar surface area (TPSA) is 55.8 Å². The molecule has 0 spiro atoms. The molecule has 1 saturated carbocycles. The zero-order valence-electron chi connectivity index (χ0n) is 6.95. The van der Waals surface area contributed by atoms with Crippen LogP contribution in [0.4, 0.5) is 0 Å². The third kappa shape index (κ3) is 0.990. The van der Waals surface area contributed by atoms with Crippen molar-refractivity contribution in [1.82, 2.24) is 0 Å². The number of carbonyl (C=O) groups excluding carboxylic acids is 1. The zero-order valence-corrected chi connectivity index (χ0v) is 6.95. The largest absolute Gasteiger partial charge is 0.386 e. The fourth-order valence-corrected chi connectivity index (χ4v) is 1.94. The first kappa shape index (κ1) is 8.16. The monoisotopic (exact) mass is 172 g/mol. The van der Waals surface area contributed by atoms with Crippen LogP contribution in [0.2, 0.25) is 0 Å². The fourth-order valence-electron chi connectivity index (χ4n) is 1.94. The molecule has 1 aliphatic carbocycles. The lowest BCUT2D eigenvalue weighted by molar-refractivity contribution is -0.147. The lowest BCUT2D eigenvalue weighted by Crippen LogP contribution is -2.35. The van der Waals surface area contributed by atoms with Gasteiger partial charge in [-0.3, -0.25) is 4.79 Å². The Kier molecular flexibility index (Phi) is 1.71. The van der Waals surface area contributed by atoms with E-state index < -0.39 is 18.0 Å². The summed E-state index contributed by atoms with van der Waals surface area (Å²) in [4.78, 5) is 11.2. The molecular formula is C8H12O4. The smallest absolute Gasteiger partial charge is 0.164 e. The second-order valence-corrected chi connectivity index (χ2v) is 3.46. The quantitative estimate of drug-likeness (QED) is 0.597. The van der Waals surface area contributed by atoms with Gasteiger partial charge in [-0.05, 0) is 6.42 Å². The van der Waals surface area contributed by atoms with E-state index in [9.17, 15) is 9.90 Å². The van der Waals surface area contributed by atoms with Gasteiger partial charge in [-0.2, -0.15) is 0 Å². The third-order valence-electron chi connectivity index (χ3n) is 2.66. The van der Waals surface area contributed by atoms with E-state index >= 15 is 0 Å². The van der Waals surface area contributed by atoms with Crippen LogP contribution in [0.3, 0.4) is 0 Å². The van der Waals surface area contributed by atoms with Gasteiger partial charge >= 0.3 is 0 Å². The molecule has 0 bridgehead atoms. The van der Waals surface area contributed by atoms with E-state index in [1.54, 1.807) is 0 Å². The van der Waals surface area contributed by atoms with Crippen LogP contribution >= 0.6 is 0 Å². The summed E-state index contributed by atoms with van der Waals surface area (Å²) in [6.45, 7) is 0. The average molecular weight is 172 g/mol. The number of aliphatic hydroxyl groups is 1. The number of ether oxygens (including phenoxy) is 2. The predicted octanol–water partition coefficient (Wildman–Crippen LogP) is -0.158. The summed E-state index contributed by atoms with van der Waals surface area (Å²) in [5, 5.41) is 9.88. The van der Waals surface area contributed by atoms with Gasteiger partial charge in [-0.25, -0.2) is 0 Å². The molecular weight excluding hydrogens is 160 g/mol. The standard InChI is InChI=1S/C8H12O4/c1-11-6-4-8(10)3-2-5(9)7(8)12-6/h6-7,10H,2-4H2,1H3/t6?,7-,8+/m1/s1. The van der Waals surface area contributed by atoms with Gasteiger partial charge < -0.3 is 14.6 Å². The van der Waals surface area contributed by atoms with Crippen molar-refractivity contribution in [1.29, 1.82) is 0 Å². The van der Waals surface area contributed by atoms with Crippen LogP contribution < -0.4 is 0 Å². The van der Waals surface area contributed by atoms with Crippen LogP contribution in [-0.2, 0) is 14.3 Å². The summed E-state index contributed by atoms with van der Waals surface area (Å²) < 4.78 is 10.2. The minimum absolute atomic E-state index is 0.00273. The van der Waals surface area contributed by atoms with Gasteiger partial charge in [0.1, 0.15) is 11.7 Å². The highest BCUT2D eigenvalue weighted by Gasteiger charge is 2.55. The van der Waals surface area contributed by atoms with Gasteiger partial charge in [0.2, 0.25) is 0 Å². The van der Waals surface area contributed by atoms with E-state index in [2.05, 4.69) is 0 Å². The van der Waals surface area contributed by atoms with Crippen LogP contribution in [0, 0.1) is 0 Å². The number of methoxy groups -OCH3 is 1. The Hall–Kier alpha value is -0.450. The Morgan fingerprint density at radius 1 is 1.75 bits per heavy atom. The van der Waals surface area contributed by atoms with Crippen LogP contribution in [0.1, 0.15) is 19.3 Å². The van der Waals surface area contributed by atoms with Gasteiger partial charge in [0.15, 0.2) is 12.1 Å². The molecule has 0 radical (unpaired) electrons. The van der Waals surface area contributed by atoms with Crippen LogP contribution in [0.5, 0.6) is 0 Å². The van der Waals surface area contributed by atoms with E-state index in [-0.39, 0.29) is 5.78 Å². The van der Waals surface area contributed by atoms with Crippen molar-refractivity contribution in [3.05, 3.63) is 0 Å². The van der Waals surface area contributed by atoms with Crippen molar-refractivity contribution in [2.24, 2.45) is 0 Å². The molecule has 0 amide bonds. The summed E-state index contributed by atoms with van der Waals surface area (Å²) in [7, 11) is 1.51. The summed E-state index contributed by atoms with van der Waals surface area (Å²) in [6, 6.07) is 0. The summed E-state index contributed by atoms with van der Waals surface area (Å²) >= 11 is 0. The number of hydrogen-bond acceptors (Lipinski definition) is 4.